The number of amides is 2. The molecule has 0 unspecified atom stereocenters. The standard InChI is InChI=1S/C22H28N2O4S2/c1-23(17-9-5-3-6-10-17)21(27)15-29-13-19(25)20(26)14-30-16-22(28)24(2)18-11-7-4-8-12-18/h3-12,19-20,25-26H,13-16H2,1-2H3/t19-,20-/m1/s1. The van der Waals surface area contributed by atoms with Crippen LogP contribution in [0.4, 0.5) is 11.4 Å². The average Bonchev–Trinajstić information content (AvgIpc) is 2.78. The van der Waals surface area contributed by atoms with Gasteiger partial charge in [-0.05, 0) is 24.3 Å². The molecule has 0 aliphatic rings. The van der Waals surface area contributed by atoms with Gasteiger partial charge in [0.1, 0.15) is 0 Å². The van der Waals surface area contributed by atoms with Crippen molar-refractivity contribution in [2.45, 2.75) is 12.2 Å². The zero-order valence-electron chi connectivity index (χ0n) is 17.2. The molecule has 0 saturated heterocycles. The minimum atomic E-state index is -0.959. The van der Waals surface area contributed by atoms with Crippen LogP contribution in [0, 0.1) is 0 Å². The van der Waals surface area contributed by atoms with Crippen LogP contribution < -0.4 is 9.80 Å². The van der Waals surface area contributed by atoms with E-state index < -0.39 is 12.2 Å². The van der Waals surface area contributed by atoms with Crippen molar-refractivity contribution in [1.82, 2.24) is 0 Å². The van der Waals surface area contributed by atoms with Crippen LogP contribution in [0.3, 0.4) is 0 Å². The molecule has 162 valence electrons. The van der Waals surface area contributed by atoms with E-state index in [9.17, 15) is 19.8 Å². The third-order valence-electron chi connectivity index (χ3n) is 4.51. The predicted molar refractivity (Wildman–Crippen MR) is 126 cm³/mol. The van der Waals surface area contributed by atoms with Gasteiger partial charge in [0.15, 0.2) is 0 Å². The second-order valence-corrected chi connectivity index (χ2v) is 8.80. The summed E-state index contributed by atoms with van der Waals surface area (Å²) < 4.78 is 0. The molecule has 2 amide bonds. The quantitative estimate of drug-likeness (QED) is 0.550. The smallest absolute Gasteiger partial charge is 0.236 e. The average molecular weight is 449 g/mol. The molecule has 0 aliphatic carbocycles. The van der Waals surface area contributed by atoms with Gasteiger partial charge >= 0.3 is 0 Å². The lowest BCUT2D eigenvalue weighted by Crippen LogP contribution is -2.33. The van der Waals surface area contributed by atoms with Crippen molar-refractivity contribution in [2.24, 2.45) is 0 Å². The number of hydrogen-bond donors (Lipinski definition) is 2. The van der Waals surface area contributed by atoms with Crippen molar-refractivity contribution in [3.63, 3.8) is 0 Å². The summed E-state index contributed by atoms with van der Waals surface area (Å²) in [6.45, 7) is 0. The van der Waals surface area contributed by atoms with Crippen molar-refractivity contribution in [2.75, 3.05) is 46.9 Å². The Morgan fingerprint density at radius 2 is 1.07 bits per heavy atom. The van der Waals surface area contributed by atoms with E-state index in [1.165, 1.54) is 23.5 Å². The van der Waals surface area contributed by atoms with Crippen LogP contribution in [0.25, 0.3) is 0 Å². The monoisotopic (exact) mass is 448 g/mol. The van der Waals surface area contributed by atoms with E-state index in [1.807, 2.05) is 60.7 Å². The maximum Gasteiger partial charge on any atom is 0.236 e. The molecule has 0 bridgehead atoms. The minimum absolute atomic E-state index is 0.0724. The normalized spacial score (nSPS) is 12.8. The van der Waals surface area contributed by atoms with Crippen molar-refractivity contribution < 1.29 is 19.8 Å². The molecule has 2 rings (SSSR count). The van der Waals surface area contributed by atoms with Gasteiger partial charge in [-0.25, -0.2) is 0 Å². The lowest BCUT2D eigenvalue weighted by molar-refractivity contribution is -0.116. The number of para-hydroxylation sites is 2. The first kappa shape index (κ1) is 24.3. The fraction of sp³-hybridized carbons (Fsp3) is 0.364. The van der Waals surface area contributed by atoms with Crippen molar-refractivity contribution in [3.8, 4) is 0 Å². The van der Waals surface area contributed by atoms with Gasteiger partial charge in [-0.3, -0.25) is 9.59 Å². The largest absolute Gasteiger partial charge is 0.390 e. The Balaban J connectivity index is 1.65. The zero-order valence-corrected chi connectivity index (χ0v) is 18.8. The first-order chi connectivity index (χ1) is 14.4. The number of benzene rings is 2. The number of hydrogen-bond acceptors (Lipinski definition) is 6. The molecule has 2 N–H and O–H groups in total. The highest BCUT2D eigenvalue weighted by Crippen LogP contribution is 2.16. The maximum atomic E-state index is 12.2. The maximum absolute atomic E-state index is 12.2. The SMILES string of the molecule is CN(C(=O)CSC[C@@H](O)[C@H](O)CSCC(=O)N(C)c1ccccc1)c1ccccc1. The molecule has 8 heteroatoms. The van der Waals surface area contributed by atoms with E-state index in [0.717, 1.165) is 11.4 Å². The van der Waals surface area contributed by atoms with Gasteiger partial charge in [0.05, 0.1) is 23.7 Å². The van der Waals surface area contributed by atoms with Crippen LogP contribution in [0.5, 0.6) is 0 Å². The second kappa shape index (κ2) is 12.6. The number of aliphatic hydroxyl groups excluding tert-OH is 2. The van der Waals surface area contributed by atoms with Gasteiger partial charge in [0, 0.05) is 37.0 Å². The Bertz CT molecular complexity index is 725. The van der Waals surface area contributed by atoms with E-state index in [1.54, 1.807) is 23.9 Å². The highest BCUT2D eigenvalue weighted by molar-refractivity contribution is 8.00. The third-order valence-corrected chi connectivity index (χ3v) is 6.56. The summed E-state index contributed by atoms with van der Waals surface area (Å²) in [6.07, 6.45) is -1.92. The molecule has 2 aromatic rings. The first-order valence-electron chi connectivity index (χ1n) is 9.55. The van der Waals surface area contributed by atoms with Crippen molar-refractivity contribution in [3.05, 3.63) is 60.7 Å². The summed E-state index contributed by atoms with van der Waals surface area (Å²) in [7, 11) is 3.42. The molecule has 2 aromatic carbocycles. The van der Waals surface area contributed by atoms with Crippen LogP contribution in [0.15, 0.2) is 60.7 Å². The molecule has 0 aromatic heterocycles. The van der Waals surface area contributed by atoms with Gasteiger partial charge in [-0.2, -0.15) is 0 Å². The topological polar surface area (TPSA) is 81.1 Å². The molecule has 6 nitrogen and oxygen atoms in total. The number of rotatable bonds is 11. The van der Waals surface area contributed by atoms with Gasteiger partial charge in [-0.1, -0.05) is 36.4 Å². The van der Waals surface area contributed by atoms with Gasteiger partial charge < -0.3 is 20.0 Å². The van der Waals surface area contributed by atoms with E-state index >= 15 is 0 Å². The Kier molecular flexibility index (Phi) is 10.2. The number of anilines is 2. The third kappa shape index (κ3) is 7.68. The van der Waals surface area contributed by atoms with E-state index in [0.29, 0.717) is 0 Å². The molecule has 0 heterocycles. The van der Waals surface area contributed by atoms with Gasteiger partial charge in [0.25, 0.3) is 0 Å². The molecule has 0 radical (unpaired) electrons. The number of nitrogens with zero attached hydrogens (tertiary/aromatic N) is 2. The lowest BCUT2D eigenvalue weighted by Gasteiger charge is -2.20. The van der Waals surface area contributed by atoms with E-state index in [4.69, 9.17) is 0 Å². The molecular formula is C22H28N2O4S2. The molecule has 2 atom stereocenters. The fourth-order valence-corrected chi connectivity index (χ4v) is 4.44. The Labute approximate surface area is 186 Å². The second-order valence-electron chi connectivity index (χ2n) is 6.74. The van der Waals surface area contributed by atoms with Gasteiger partial charge in [-0.15, -0.1) is 23.5 Å². The van der Waals surface area contributed by atoms with Crippen LogP contribution in [0.1, 0.15) is 0 Å². The molecule has 0 aliphatic heterocycles. The predicted octanol–water partition coefficient (Wildman–Crippen LogP) is 2.50. The summed E-state index contributed by atoms with van der Waals surface area (Å²) >= 11 is 2.55. The van der Waals surface area contributed by atoms with E-state index in [2.05, 4.69) is 0 Å². The Morgan fingerprint density at radius 1 is 0.733 bits per heavy atom. The molecule has 0 spiro atoms. The number of carbonyl (C=O) groups is 2. The molecular weight excluding hydrogens is 420 g/mol. The zero-order chi connectivity index (χ0) is 21.9. The summed E-state index contributed by atoms with van der Waals surface area (Å²) in [5.74, 6) is 0.765. The van der Waals surface area contributed by atoms with Gasteiger partial charge in [0.2, 0.25) is 11.8 Å². The fourth-order valence-electron chi connectivity index (χ4n) is 2.54. The highest BCUT2D eigenvalue weighted by atomic mass is 32.2. The lowest BCUT2D eigenvalue weighted by atomic mass is 10.3. The Hall–Kier alpha value is -2.00. The van der Waals surface area contributed by atoms with Crippen LogP contribution in [-0.4, -0.2) is 71.3 Å². The van der Waals surface area contributed by atoms with Crippen molar-refractivity contribution in [1.29, 1.82) is 0 Å². The van der Waals surface area contributed by atoms with Crippen LogP contribution >= 0.6 is 23.5 Å². The van der Waals surface area contributed by atoms with Crippen molar-refractivity contribution >= 4 is 46.7 Å². The van der Waals surface area contributed by atoms with Crippen LogP contribution in [-0.2, 0) is 9.59 Å². The molecule has 30 heavy (non-hydrogen) atoms. The summed E-state index contributed by atoms with van der Waals surface area (Å²) in [6, 6.07) is 18.7. The highest BCUT2D eigenvalue weighted by Gasteiger charge is 2.19. The van der Waals surface area contributed by atoms with E-state index in [-0.39, 0.29) is 34.8 Å². The molecule has 0 saturated carbocycles. The first-order valence-corrected chi connectivity index (χ1v) is 11.9. The number of carbonyl (C=O) groups excluding carboxylic acids is 2. The summed E-state index contributed by atoms with van der Waals surface area (Å²) in [4.78, 5) is 27.6. The molecule has 0 fully saturated rings. The summed E-state index contributed by atoms with van der Waals surface area (Å²) in [5.41, 5.74) is 1.62. The summed E-state index contributed by atoms with van der Waals surface area (Å²) in [5, 5.41) is 20.3. The van der Waals surface area contributed by atoms with Crippen LogP contribution in [0.2, 0.25) is 0 Å². The minimum Gasteiger partial charge on any atom is -0.390 e. The Morgan fingerprint density at radius 3 is 1.40 bits per heavy atom. The number of thioether (sulfide) groups is 2. The number of aliphatic hydroxyl groups is 2.